The first kappa shape index (κ1) is 34.9. The third-order valence-corrected chi connectivity index (χ3v) is 11.3. The number of aryl methyl sites for hydroxylation is 1. The van der Waals surface area contributed by atoms with Crippen LogP contribution in [0, 0.1) is 30.6 Å². The fourth-order valence-corrected chi connectivity index (χ4v) is 9.07. The Kier molecular flexibility index (Phi) is 8.24. The Labute approximate surface area is 308 Å². The molecule has 2 saturated heterocycles. The van der Waals surface area contributed by atoms with Crippen molar-refractivity contribution in [3.63, 3.8) is 0 Å². The van der Waals surface area contributed by atoms with E-state index in [0.29, 0.717) is 22.5 Å². The van der Waals surface area contributed by atoms with Crippen LogP contribution in [0.2, 0.25) is 0 Å². The quantitative estimate of drug-likeness (QED) is 0.150. The number of carbonyl (C=O) groups is 4. The highest BCUT2D eigenvalue weighted by molar-refractivity contribution is 6.22. The number of phenolic OH excluding ortho intramolecular Hbond substituents is 1. The number of imide groups is 2. The molecule has 4 aliphatic rings. The Morgan fingerprint density at radius 1 is 0.889 bits per heavy atom. The van der Waals surface area contributed by atoms with Crippen LogP contribution < -0.4 is 15.1 Å². The number of nitrogens with one attached hydrogen (secondary N) is 1. The van der Waals surface area contributed by atoms with Crippen molar-refractivity contribution < 1.29 is 42.2 Å². The lowest BCUT2D eigenvalue weighted by atomic mass is 9.49. The normalized spacial score (nSPS) is 26.2. The molecule has 2 aliphatic heterocycles. The second-order valence-corrected chi connectivity index (χ2v) is 14.2. The first-order chi connectivity index (χ1) is 25.8. The van der Waals surface area contributed by atoms with E-state index in [1.54, 1.807) is 91.0 Å². The fourth-order valence-electron chi connectivity index (χ4n) is 9.07. The van der Waals surface area contributed by atoms with Gasteiger partial charge in [-0.15, -0.1) is 13.2 Å². The average molecular weight is 734 g/mol. The zero-order chi connectivity index (χ0) is 38.1. The van der Waals surface area contributed by atoms with Gasteiger partial charge >= 0.3 is 6.36 Å². The van der Waals surface area contributed by atoms with Gasteiger partial charge in [-0.05, 0) is 79.3 Å². The molecule has 2 N–H and O–H groups in total. The van der Waals surface area contributed by atoms with Gasteiger partial charge in [0.1, 0.15) is 11.5 Å². The molecule has 12 heteroatoms. The Bertz CT molecular complexity index is 2240. The number of carbonyl (C=O) groups excluding carboxylic acids is 4. The molecule has 9 nitrogen and oxygen atoms in total. The molecular formula is C42H34F3N3O6. The van der Waals surface area contributed by atoms with Crippen LogP contribution in [-0.2, 0) is 24.6 Å². The lowest BCUT2D eigenvalue weighted by molar-refractivity contribution is -0.274. The van der Waals surface area contributed by atoms with Gasteiger partial charge in [0.15, 0.2) is 0 Å². The highest BCUT2D eigenvalue weighted by atomic mass is 19.4. The maximum atomic E-state index is 15.2. The summed E-state index contributed by atoms with van der Waals surface area (Å²) in [6.45, 7) is 5.64. The van der Waals surface area contributed by atoms with Crippen LogP contribution in [0.5, 0.6) is 11.5 Å². The number of aromatic hydroxyl groups is 1. The van der Waals surface area contributed by atoms with Crippen LogP contribution in [0.15, 0.2) is 115 Å². The number of anilines is 2. The van der Waals surface area contributed by atoms with E-state index in [1.807, 2.05) is 6.92 Å². The van der Waals surface area contributed by atoms with E-state index < -0.39 is 76.5 Å². The van der Waals surface area contributed by atoms with Gasteiger partial charge in [-0.1, -0.05) is 84.5 Å². The molecule has 4 aromatic rings. The van der Waals surface area contributed by atoms with Crippen molar-refractivity contribution in [3.05, 3.63) is 138 Å². The molecular weight excluding hydrogens is 699 g/mol. The number of halogens is 3. The monoisotopic (exact) mass is 733 g/mol. The third-order valence-electron chi connectivity index (χ3n) is 11.3. The summed E-state index contributed by atoms with van der Waals surface area (Å²) in [7, 11) is 0. The van der Waals surface area contributed by atoms with Crippen LogP contribution >= 0.6 is 0 Å². The third kappa shape index (κ3) is 5.38. The maximum Gasteiger partial charge on any atom is 0.573 e. The first-order valence-corrected chi connectivity index (χ1v) is 17.5. The summed E-state index contributed by atoms with van der Waals surface area (Å²) in [5.41, 5.74) is 4.49. The summed E-state index contributed by atoms with van der Waals surface area (Å²) in [5, 5.41) is 12.5. The molecule has 3 fully saturated rings. The minimum atomic E-state index is -5.07. The number of ether oxygens (including phenoxy) is 1. The number of phenols is 1. The van der Waals surface area contributed by atoms with Gasteiger partial charge in [0, 0.05) is 11.5 Å². The van der Waals surface area contributed by atoms with Gasteiger partial charge in [-0.2, -0.15) is 5.01 Å². The van der Waals surface area contributed by atoms with Crippen LogP contribution in [0.4, 0.5) is 24.5 Å². The molecule has 0 bridgehead atoms. The number of hydrazine groups is 1. The summed E-state index contributed by atoms with van der Waals surface area (Å²) in [5.74, 6) is -8.25. The summed E-state index contributed by atoms with van der Waals surface area (Å²) >= 11 is 0. The number of alkyl halides is 3. The van der Waals surface area contributed by atoms with Gasteiger partial charge in [-0.25, -0.2) is 0 Å². The maximum absolute atomic E-state index is 15.2. The summed E-state index contributed by atoms with van der Waals surface area (Å²) in [6.07, 6.45) is -1.62. The Balaban J connectivity index is 1.33. The topological polar surface area (TPSA) is 116 Å². The second kappa shape index (κ2) is 12.8. The molecule has 0 aromatic heterocycles. The number of nitrogens with zero attached hydrogens (tertiary/aromatic N) is 2. The summed E-state index contributed by atoms with van der Waals surface area (Å²) in [4.78, 5) is 59.7. The van der Waals surface area contributed by atoms with E-state index in [4.69, 9.17) is 0 Å². The molecule has 8 rings (SSSR count). The van der Waals surface area contributed by atoms with Crippen LogP contribution in [-0.4, -0.2) is 40.1 Å². The Hall–Kier alpha value is -6.17. The zero-order valence-corrected chi connectivity index (χ0v) is 28.9. The molecule has 2 heterocycles. The number of amides is 4. The lowest BCUT2D eigenvalue weighted by Crippen LogP contribution is -2.53. The molecule has 2 aliphatic carbocycles. The van der Waals surface area contributed by atoms with E-state index in [-0.39, 0.29) is 18.4 Å². The van der Waals surface area contributed by atoms with Gasteiger partial charge in [0.25, 0.3) is 11.8 Å². The number of hydrogen-bond donors (Lipinski definition) is 2. The molecule has 1 saturated carbocycles. The van der Waals surface area contributed by atoms with E-state index in [9.17, 15) is 32.7 Å². The van der Waals surface area contributed by atoms with Crippen molar-refractivity contribution >= 4 is 41.1 Å². The molecule has 274 valence electrons. The van der Waals surface area contributed by atoms with Gasteiger partial charge in [0.2, 0.25) is 11.8 Å². The van der Waals surface area contributed by atoms with Crippen molar-refractivity contribution in [1.29, 1.82) is 0 Å². The number of hydrogen-bond acceptors (Lipinski definition) is 7. The Morgan fingerprint density at radius 3 is 2.26 bits per heavy atom. The SMILES string of the molecule is C=Cc1ccc(N2C(=O)C3CC=C4C(CC5C(=O)N(Nc6ccc(C)cc6)C(=O)C5(c5ccccc5)C4c4cc(OC(F)(F)F)ccc4O)C3C2=O)cc1. The lowest BCUT2D eigenvalue weighted by Gasteiger charge is -2.50. The number of fused-ring (bicyclic) bond motifs is 4. The van der Waals surface area contributed by atoms with Crippen molar-refractivity contribution in [1.82, 2.24) is 5.01 Å². The van der Waals surface area contributed by atoms with Crippen molar-refractivity contribution in [2.75, 3.05) is 10.3 Å². The number of rotatable bonds is 7. The number of allylic oxidation sites excluding steroid dienone is 2. The minimum absolute atomic E-state index is 0.0309. The second-order valence-electron chi connectivity index (χ2n) is 14.2. The molecule has 54 heavy (non-hydrogen) atoms. The molecule has 6 unspecified atom stereocenters. The molecule has 6 atom stereocenters. The van der Waals surface area contributed by atoms with Gasteiger partial charge in [0.05, 0.1) is 34.5 Å². The van der Waals surface area contributed by atoms with Crippen molar-refractivity contribution in [3.8, 4) is 11.5 Å². The van der Waals surface area contributed by atoms with Gasteiger partial charge in [-0.3, -0.25) is 29.5 Å². The van der Waals surface area contributed by atoms with E-state index >= 15 is 4.79 Å². The average Bonchev–Trinajstić information content (AvgIpc) is 3.54. The zero-order valence-electron chi connectivity index (χ0n) is 28.9. The highest BCUT2D eigenvalue weighted by Gasteiger charge is 2.70. The van der Waals surface area contributed by atoms with E-state index in [2.05, 4.69) is 16.7 Å². The predicted octanol–water partition coefficient (Wildman–Crippen LogP) is 7.43. The molecule has 0 spiro atoms. The van der Waals surface area contributed by atoms with Crippen molar-refractivity contribution in [2.24, 2.45) is 23.7 Å². The van der Waals surface area contributed by atoms with Crippen LogP contribution in [0.25, 0.3) is 6.08 Å². The molecule has 4 aromatic carbocycles. The Morgan fingerprint density at radius 2 is 1.59 bits per heavy atom. The van der Waals surface area contributed by atoms with E-state index in [0.717, 1.165) is 39.2 Å². The van der Waals surface area contributed by atoms with Crippen molar-refractivity contribution in [2.45, 2.75) is 37.5 Å². The standard InChI is InChI=1S/C42H34F3N3O6/c1-3-24-11-15-27(16-12-24)47-37(50)30-19-18-29-31(35(30)39(47)52)22-33-38(51)48(46-26-13-9-23(2)10-14-26)40(53)41(33,25-7-5-4-6-8-25)36(29)32-21-28(17-20-34(32)49)54-42(43,44)45/h3-18,20-21,30-31,33,35-36,46,49H,1,19,22H2,2H3. The van der Waals surface area contributed by atoms with Crippen LogP contribution in [0.3, 0.4) is 0 Å². The minimum Gasteiger partial charge on any atom is -0.508 e. The largest absolute Gasteiger partial charge is 0.573 e. The summed E-state index contributed by atoms with van der Waals surface area (Å²) in [6, 6.07) is 25.3. The van der Waals surface area contributed by atoms with Crippen LogP contribution in [0.1, 0.15) is 41.0 Å². The number of benzene rings is 4. The molecule has 4 amide bonds. The smallest absolute Gasteiger partial charge is 0.508 e. The van der Waals surface area contributed by atoms with Gasteiger partial charge < -0.3 is 9.84 Å². The molecule has 0 radical (unpaired) electrons. The predicted molar refractivity (Wildman–Crippen MR) is 193 cm³/mol. The fraction of sp³-hybridized carbons (Fsp3) is 0.238. The summed E-state index contributed by atoms with van der Waals surface area (Å²) < 4.78 is 45.1. The highest BCUT2D eigenvalue weighted by Crippen LogP contribution is 2.65. The first-order valence-electron chi connectivity index (χ1n) is 17.5. The van der Waals surface area contributed by atoms with E-state index in [1.165, 1.54) is 0 Å².